The van der Waals surface area contributed by atoms with Gasteiger partial charge in [-0.2, -0.15) is 0 Å². The second kappa shape index (κ2) is 5.50. The van der Waals surface area contributed by atoms with Crippen molar-refractivity contribution < 1.29 is 9.90 Å². The van der Waals surface area contributed by atoms with E-state index in [1.54, 1.807) is 0 Å². The van der Waals surface area contributed by atoms with Crippen LogP contribution < -0.4 is 11.1 Å². The molecular formula is C14H20N2O2. The van der Waals surface area contributed by atoms with E-state index in [9.17, 15) is 9.90 Å². The second-order valence-electron chi connectivity index (χ2n) is 5.00. The fraction of sp³-hybridized carbons (Fsp3) is 0.500. The summed E-state index contributed by atoms with van der Waals surface area (Å²) in [6.07, 6.45) is 2.94. The Kier molecular flexibility index (Phi) is 3.99. The third kappa shape index (κ3) is 3.09. The standard InChI is InChI=1S/C14H20N2O2/c15-9-12-5-2-1-4-11(12)8-13(17)16-10-14(18)6-3-7-14/h1-2,4-5,18H,3,6-10,15H2,(H,16,17). The molecular weight excluding hydrogens is 228 g/mol. The average Bonchev–Trinajstić information content (AvgIpc) is 2.35. The van der Waals surface area contributed by atoms with Gasteiger partial charge in [0.15, 0.2) is 0 Å². The molecule has 0 aliphatic heterocycles. The SMILES string of the molecule is NCc1ccccc1CC(=O)NCC1(O)CCC1. The van der Waals surface area contributed by atoms with Gasteiger partial charge in [0.05, 0.1) is 12.0 Å². The Labute approximate surface area is 107 Å². The van der Waals surface area contributed by atoms with Gasteiger partial charge in [-0.15, -0.1) is 0 Å². The van der Waals surface area contributed by atoms with Crippen molar-refractivity contribution in [3.05, 3.63) is 35.4 Å². The van der Waals surface area contributed by atoms with Gasteiger partial charge in [0.2, 0.25) is 5.91 Å². The van der Waals surface area contributed by atoms with Crippen molar-refractivity contribution >= 4 is 5.91 Å². The lowest BCUT2D eigenvalue weighted by Gasteiger charge is -2.36. The van der Waals surface area contributed by atoms with Gasteiger partial charge in [0.1, 0.15) is 0 Å². The highest BCUT2D eigenvalue weighted by molar-refractivity contribution is 5.79. The van der Waals surface area contributed by atoms with Crippen LogP contribution in [0, 0.1) is 0 Å². The molecule has 2 rings (SSSR count). The zero-order chi connectivity index (χ0) is 13.0. The Morgan fingerprint density at radius 2 is 2.00 bits per heavy atom. The van der Waals surface area contributed by atoms with Gasteiger partial charge in [-0.3, -0.25) is 4.79 Å². The van der Waals surface area contributed by atoms with Crippen LogP contribution in [0.3, 0.4) is 0 Å². The van der Waals surface area contributed by atoms with Gasteiger partial charge in [-0.25, -0.2) is 0 Å². The third-order valence-electron chi connectivity index (χ3n) is 3.59. The first-order chi connectivity index (χ1) is 8.63. The molecule has 4 nitrogen and oxygen atoms in total. The largest absolute Gasteiger partial charge is 0.388 e. The zero-order valence-corrected chi connectivity index (χ0v) is 10.5. The highest BCUT2D eigenvalue weighted by Gasteiger charge is 2.34. The van der Waals surface area contributed by atoms with Crippen LogP contribution in [0.5, 0.6) is 0 Å². The molecule has 0 atom stereocenters. The molecule has 0 spiro atoms. The summed E-state index contributed by atoms with van der Waals surface area (Å²) in [7, 11) is 0. The number of hydrogen-bond donors (Lipinski definition) is 3. The van der Waals surface area contributed by atoms with E-state index < -0.39 is 5.60 Å². The van der Waals surface area contributed by atoms with Gasteiger partial charge in [-0.05, 0) is 30.4 Å². The summed E-state index contributed by atoms with van der Waals surface area (Å²) in [5, 5.41) is 12.7. The minimum atomic E-state index is -0.664. The topological polar surface area (TPSA) is 75.4 Å². The minimum absolute atomic E-state index is 0.0591. The maximum Gasteiger partial charge on any atom is 0.224 e. The summed E-state index contributed by atoms with van der Waals surface area (Å²) < 4.78 is 0. The Morgan fingerprint density at radius 3 is 2.56 bits per heavy atom. The lowest BCUT2D eigenvalue weighted by molar-refractivity contribution is -0.122. The molecule has 4 N–H and O–H groups in total. The van der Waals surface area contributed by atoms with Gasteiger partial charge in [0, 0.05) is 13.1 Å². The number of carbonyl (C=O) groups is 1. The molecule has 1 fully saturated rings. The fourth-order valence-corrected chi connectivity index (χ4v) is 2.19. The van der Waals surface area contributed by atoms with Crippen LogP contribution in [0.15, 0.2) is 24.3 Å². The molecule has 98 valence electrons. The van der Waals surface area contributed by atoms with Crippen molar-refractivity contribution in [2.45, 2.75) is 37.8 Å². The van der Waals surface area contributed by atoms with Crippen molar-refractivity contribution in [3.8, 4) is 0 Å². The number of carbonyl (C=O) groups excluding carboxylic acids is 1. The van der Waals surface area contributed by atoms with Crippen molar-refractivity contribution in [3.63, 3.8) is 0 Å². The van der Waals surface area contributed by atoms with Crippen LogP contribution in [-0.2, 0) is 17.8 Å². The second-order valence-corrected chi connectivity index (χ2v) is 5.00. The van der Waals surface area contributed by atoms with Gasteiger partial charge in [-0.1, -0.05) is 24.3 Å². The van der Waals surface area contributed by atoms with Gasteiger partial charge >= 0.3 is 0 Å². The van der Waals surface area contributed by atoms with E-state index in [1.807, 2.05) is 24.3 Å². The summed E-state index contributed by atoms with van der Waals surface area (Å²) in [5.41, 5.74) is 6.92. The molecule has 0 unspecified atom stereocenters. The smallest absolute Gasteiger partial charge is 0.224 e. The summed E-state index contributed by atoms with van der Waals surface area (Å²) >= 11 is 0. The van der Waals surface area contributed by atoms with Gasteiger partial charge in [0.25, 0.3) is 0 Å². The summed E-state index contributed by atoms with van der Waals surface area (Å²) in [4.78, 5) is 11.8. The van der Waals surface area contributed by atoms with Crippen molar-refractivity contribution in [2.75, 3.05) is 6.54 Å². The highest BCUT2D eigenvalue weighted by Crippen LogP contribution is 2.30. The maximum absolute atomic E-state index is 11.8. The molecule has 0 aromatic heterocycles. The van der Waals surface area contributed by atoms with Gasteiger partial charge < -0.3 is 16.2 Å². The molecule has 1 saturated carbocycles. The average molecular weight is 248 g/mol. The monoisotopic (exact) mass is 248 g/mol. The molecule has 1 aromatic carbocycles. The van der Waals surface area contributed by atoms with Crippen LogP contribution >= 0.6 is 0 Å². The highest BCUT2D eigenvalue weighted by atomic mass is 16.3. The number of aliphatic hydroxyl groups is 1. The molecule has 1 aromatic rings. The number of rotatable bonds is 5. The van der Waals surface area contributed by atoms with Crippen molar-refractivity contribution in [1.29, 1.82) is 0 Å². The number of amides is 1. The van der Waals surface area contributed by atoms with E-state index in [-0.39, 0.29) is 5.91 Å². The quantitative estimate of drug-likeness (QED) is 0.718. The van der Waals surface area contributed by atoms with E-state index in [4.69, 9.17) is 5.73 Å². The van der Waals surface area contributed by atoms with E-state index in [2.05, 4.69) is 5.32 Å². The van der Waals surface area contributed by atoms with Crippen molar-refractivity contribution in [1.82, 2.24) is 5.32 Å². The summed E-state index contributed by atoms with van der Waals surface area (Å²) in [6.45, 7) is 0.796. The van der Waals surface area contributed by atoms with Crippen LogP contribution in [0.4, 0.5) is 0 Å². The van der Waals surface area contributed by atoms with E-state index in [0.29, 0.717) is 19.5 Å². The number of hydrogen-bond acceptors (Lipinski definition) is 3. The normalized spacial score (nSPS) is 17.0. The molecule has 0 heterocycles. The number of nitrogens with two attached hydrogens (primary N) is 1. The van der Waals surface area contributed by atoms with Crippen LogP contribution in [0.25, 0.3) is 0 Å². The first kappa shape index (κ1) is 13.1. The fourth-order valence-electron chi connectivity index (χ4n) is 2.19. The molecule has 0 radical (unpaired) electrons. The molecule has 1 aliphatic rings. The van der Waals surface area contributed by atoms with Crippen LogP contribution in [0.2, 0.25) is 0 Å². The molecule has 0 bridgehead atoms. The maximum atomic E-state index is 11.8. The minimum Gasteiger partial charge on any atom is -0.388 e. The summed E-state index contributed by atoms with van der Waals surface area (Å²) in [5.74, 6) is -0.0591. The van der Waals surface area contributed by atoms with Crippen molar-refractivity contribution in [2.24, 2.45) is 5.73 Å². The lowest BCUT2D eigenvalue weighted by atomic mass is 9.80. The van der Waals surface area contributed by atoms with Crippen LogP contribution in [-0.4, -0.2) is 23.2 Å². The number of benzene rings is 1. The molecule has 1 aliphatic carbocycles. The molecule has 18 heavy (non-hydrogen) atoms. The molecule has 0 saturated heterocycles. The summed E-state index contributed by atoms with van der Waals surface area (Å²) in [6, 6.07) is 7.67. The molecule has 1 amide bonds. The van der Waals surface area contributed by atoms with Crippen LogP contribution in [0.1, 0.15) is 30.4 Å². The predicted octanol–water partition coefficient (Wildman–Crippen LogP) is 0.719. The van der Waals surface area contributed by atoms with E-state index in [0.717, 1.165) is 30.4 Å². The Balaban J connectivity index is 1.86. The lowest BCUT2D eigenvalue weighted by Crippen LogP contribution is -2.48. The Bertz CT molecular complexity index is 428. The van der Waals surface area contributed by atoms with E-state index >= 15 is 0 Å². The molecule has 4 heteroatoms. The first-order valence-corrected chi connectivity index (χ1v) is 6.39. The Morgan fingerprint density at radius 1 is 1.33 bits per heavy atom. The number of nitrogens with one attached hydrogen (secondary N) is 1. The zero-order valence-electron chi connectivity index (χ0n) is 10.5. The predicted molar refractivity (Wildman–Crippen MR) is 69.8 cm³/mol. The third-order valence-corrected chi connectivity index (χ3v) is 3.59. The Hall–Kier alpha value is -1.39. The van der Waals surface area contributed by atoms with E-state index in [1.165, 1.54) is 0 Å². The first-order valence-electron chi connectivity index (χ1n) is 6.39.